The van der Waals surface area contributed by atoms with Crippen molar-refractivity contribution >= 4 is 5.97 Å². The Bertz CT molecular complexity index is 467. The van der Waals surface area contributed by atoms with Gasteiger partial charge >= 0.3 is 12.1 Å². The summed E-state index contributed by atoms with van der Waals surface area (Å²) in [6.45, 7) is 1.70. The molecule has 0 aliphatic rings. The third-order valence-corrected chi connectivity index (χ3v) is 2.29. The Morgan fingerprint density at radius 2 is 2.11 bits per heavy atom. The van der Waals surface area contributed by atoms with E-state index in [2.05, 4.69) is 4.98 Å². The van der Waals surface area contributed by atoms with Crippen LogP contribution in [-0.2, 0) is 23.8 Å². The molecule has 0 aromatic carbocycles. The maximum Gasteiger partial charge on any atom is 0.433 e. The number of alkyl halides is 3. The summed E-state index contributed by atoms with van der Waals surface area (Å²) >= 11 is 0. The van der Waals surface area contributed by atoms with E-state index in [9.17, 15) is 18.0 Å². The molecule has 18 heavy (non-hydrogen) atoms. The zero-order valence-electron chi connectivity index (χ0n) is 9.66. The summed E-state index contributed by atoms with van der Waals surface area (Å²) in [5, 5.41) is 8.42. The van der Waals surface area contributed by atoms with Gasteiger partial charge in [-0.3, -0.25) is 0 Å². The quantitative estimate of drug-likeness (QED) is 0.846. The van der Waals surface area contributed by atoms with Gasteiger partial charge in [-0.05, 0) is 24.5 Å². The van der Waals surface area contributed by atoms with Gasteiger partial charge in [0, 0.05) is 11.8 Å². The van der Waals surface area contributed by atoms with Crippen molar-refractivity contribution in [3.05, 3.63) is 41.2 Å². The Labute approximate surface area is 102 Å². The van der Waals surface area contributed by atoms with Crippen molar-refractivity contribution in [3.63, 3.8) is 0 Å². The Hall–Kier alpha value is -1.85. The molecule has 1 rings (SSSR count). The molecule has 0 radical (unpaired) electrons. The molecule has 0 bridgehead atoms. The molecule has 1 heterocycles. The second kappa shape index (κ2) is 5.66. The van der Waals surface area contributed by atoms with Crippen LogP contribution in [0.4, 0.5) is 13.2 Å². The zero-order chi connectivity index (χ0) is 13.8. The number of hydrogen-bond donors (Lipinski definition) is 1. The molecule has 6 heteroatoms. The average Bonchev–Trinajstić information content (AvgIpc) is 2.27. The Kier molecular flexibility index (Phi) is 4.47. The van der Waals surface area contributed by atoms with E-state index in [4.69, 9.17) is 5.11 Å². The summed E-state index contributed by atoms with van der Waals surface area (Å²) in [5.41, 5.74) is 0.00757. The summed E-state index contributed by atoms with van der Waals surface area (Å²) in [5.74, 6) is -1.09. The van der Waals surface area contributed by atoms with E-state index in [-0.39, 0.29) is 6.42 Å². The molecule has 98 valence electrons. The van der Waals surface area contributed by atoms with E-state index >= 15 is 0 Å². The largest absolute Gasteiger partial charge is 0.478 e. The minimum absolute atomic E-state index is 0.251. The number of allylic oxidation sites excluding steroid dienone is 1. The molecule has 0 saturated carbocycles. The number of nitrogens with zero attached hydrogens (tertiary/aromatic N) is 1. The molecule has 0 atom stereocenters. The zero-order valence-corrected chi connectivity index (χ0v) is 9.66. The lowest BCUT2D eigenvalue weighted by atomic mass is 10.1. The Balaban J connectivity index is 2.97. The van der Waals surface area contributed by atoms with Crippen molar-refractivity contribution in [1.29, 1.82) is 0 Å². The topological polar surface area (TPSA) is 50.2 Å². The number of rotatable bonds is 4. The predicted molar refractivity (Wildman–Crippen MR) is 59.1 cm³/mol. The predicted octanol–water partition coefficient (Wildman–Crippen LogP) is 2.85. The van der Waals surface area contributed by atoms with Crippen LogP contribution in [0.1, 0.15) is 23.9 Å². The van der Waals surface area contributed by atoms with Gasteiger partial charge < -0.3 is 5.11 Å². The van der Waals surface area contributed by atoms with Crippen molar-refractivity contribution in [1.82, 2.24) is 4.98 Å². The number of halogens is 3. The summed E-state index contributed by atoms with van der Waals surface area (Å²) in [6, 6.07) is 2.24. The fourth-order valence-corrected chi connectivity index (χ4v) is 1.47. The first kappa shape index (κ1) is 14.2. The highest BCUT2D eigenvalue weighted by Crippen LogP contribution is 2.28. The molecule has 1 aromatic rings. The van der Waals surface area contributed by atoms with E-state index in [1.54, 1.807) is 6.92 Å². The average molecular weight is 259 g/mol. The van der Waals surface area contributed by atoms with Crippen molar-refractivity contribution in [2.24, 2.45) is 0 Å². The van der Waals surface area contributed by atoms with E-state index in [1.807, 2.05) is 0 Å². The molecule has 3 nitrogen and oxygen atoms in total. The third kappa shape index (κ3) is 3.87. The van der Waals surface area contributed by atoms with Gasteiger partial charge in [0.05, 0.1) is 0 Å². The first-order valence-corrected chi connectivity index (χ1v) is 5.30. The minimum Gasteiger partial charge on any atom is -0.478 e. The first-order chi connectivity index (χ1) is 8.34. The normalized spacial score (nSPS) is 12.0. The van der Waals surface area contributed by atoms with Gasteiger partial charge in [-0.1, -0.05) is 19.1 Å². The summed E-state index contributed by atoms with van der Waals surface area (Å²) < 4.78 is 37.3. The minimum atomic E-state index is -4.46. The first-order valence-electron chi connectivity index (χ1n) is 5.30. The summed E-state index contributed by atoms with van der Waals surface area (Å²) in [7, 11) is 0. The maximum atomic E-state index is 12.4. The van der Waals surface area contributed by atoms with Crippen molar-refractivity contribution < 1.29 is 23.1 Å². The van der Waals surface area contributed by atoms with Crippen LogP contribution in [-0.4, -0.2) is 16.1 Å². The van der Waals surface area contributed by atoms with Crippen LogP contribution in [0.15, 0.2) is 24.3 Å². The maximum absolute atomic E-state index is 12.4. The standard InChI is InChI=1S/C12H12F3NO2/c1-2-9-8(4-3-5-11(17)18)6-7-10(16-9)12(13,14)15/h3,5-7H,2,4H2,1H3,(H,17,18). The van der Waals surface area contributed by atoms with Crippen LogP contribution in [0.5, 0.6) is 0 Å². The van der Waals surface area contributed by atoms with Crippen LogP contribution in [0.3, 0.4) is 0 Å². The Morgan fingerprint density at radius 1 is 1.44 bits per heavy atom. The number of hydrogen-bond acceptors (Lipinski definition) is 2. The highest BCUT2D eigenvalue weighted by molar-refractivity contribution is 5.79. The molecule has 0 aliphatic heterocycles. The lowest BCUT2D eigenvalue weighted by molar-refractivity contribution is -0.141. The highest BCUT2D eigenvalue weighted by atomic mass is 19.4. The molecule has 0 unspecified atom stereocenters. The number of aromatic nitrogens is 1. The van der Waals surface area contributed by atoms with E-state index in [1.165, 1.54) is 12.1 Å². The summed E-state index contributed by atoms with van der Waals surface area (Å²) in [6.07, 6.45) is -1.51. The number of aryl methyl sites for hydroxylation is 1. The van der Waals surface area contributed by atoms with Crippen LogP contribution in [0.2, 0.25) is 0 Å². The van der Waals surface area contributed by atoms with Crippen LogP contribution in [0, 0.1) is 0 Å². The second-order valence-corrected chi connectivity index (χ2v) is 3.60. The lowest BCUT2D eigenvalue weighted by Gasteiger charge is -2.10. The molecule has 0 aliphatic carbocycles. The molecular weight excluding hydrogens is 247 g/mol. The van der Waals surface area contributed by atoms with Crippen molar-refractivity contribution in [2.45, 2.75) is 25.9 Å². The van der Waals surface area contributed by atoms with Gasteiger partial charge in [-0.15, -0.1) is 0 Å². The highest BCUT2D eigenvalue weighted by Gasteiger charge is 2.32. The number of carboxylic acid groups (broad SMARTS) is 1. The number of carbonyl (C=O) groups is 1. The third-order valence-electron chi connectivity index (χ3n) is 2.29. The van der Waals surface area contributed by atoms with E-state index in [0.717, 1.165) is 12.1 Å². The fourth-order valence-electron chi connectivity index (χ4n) is 1.47. The van der Waals surface area contributed by atoms with Gasteiger partial charge in [-0.2, -0.15) is 13.2 Å². The number of carboxylic acids is 1. The lowest BCUT2D eigenvalue weighted by Crippen LogP contribution is -2.10. The van der Waals surface area contributed by atoms with Gasteiger partial charge in [0.1, 0.15) is 5.69 Å². The molecule has 0 fully saturated rings. The second-order valence-electron chi connectivity index (χ2n) is 3.60. The molecular formula is C12H12F3NO2. The Morgan fingerprint density at radius 3 is 2.61 bits per heavy atom. The number of aliphatic carboxylic acids is 1. The van der Waals surface area contributed by atoms with E-state index in [0.29, 0.717) is 17.7 Å². The SMILES string of the molecule is CCc1nc(C(F)(F)F)ccc1CC=CC(=O)O. The molecule has 0 saturated heterocycles. The molecule has 1 N–H and O–H groups in total. The summed E-state index contributed by atoms with van der Waals surface area (Å²) in [4.78, 5) is 13.8. The number of pyridine rings is 1. The van der Waals surface area contributed by atoms with Crippen LogP contribution < -0.4 is 0 Å². The molecule has 1 aromatic heterocycles. The fraction of sp³-hybridized carbons (Fsp3) is 0.333. The van der Waals surface area contributed by atoms with Gasteiger partial charge in [0.25, 0.3) is 0 Å². The van der Waals surface area contributed by atoms with E-state index < -0.39 is 17.8 Å². The van der Waals surface area contributed by atoms with Crippen LogP contribution >= 0.6 is 0 Å². The smallest absolute Gasteiger partial charge is 0.433 e. The van der Waals surface area contributed by atoms with Crippen molar-refractivity contribution in [3.8, 4) is 0 Å². The van der Waals surface area contributed by atoms with Gasteiger partial charge in [-0.25, -0.2) is 9.78 Å². The monoisotopic (exact) mass is 259 g/mol. The van der Waals surface area contributed by atoms with Gasteiger partial charge in [0.15, 0.2) is 0 Å². The van der Waals surface area contributed by atoms with Crippen LogP contribution in [0.25, 0.3) is 0 Å². The van der Waals surface area contributed by atoms with Crippen molar-refractivity contribution in [2.75, 3.05) is 0 Å². The van der Waals surface area contributed by atoms with Gasteiger partial charge in [0.2, 0.25) is 0 Å². The molecule has 0 spiro atoms. The molecule has 0 amide bonds.